The van der Waals surface area contributed by atoms with Gasteiger partial charge in [0.15, 0.2) is 0 Å². The third-order valence-electron chi connectivity index (χ3n) is 3.73. The van der Waals surface area contributed by atoms with E-state index in [4.69, 9.17) is 0 Å². The van der Waals surface area contributed by atoms with Gasteiger partial charge in [0, 0.05) is 6.54 Å². The van der Waals surface area contributed by atoms with Crippen molar-refractivity contribution in [3.05, 3.63) is 47.0 Å². The van der Waals surface area contributed by atoms with Gasteiger partial charge in [-0.15, -0.1) is 0 Å². The summed E-state index contributed by atoms with van der Waals surface area (Å²) in [6.07, 6.45) is -1.35. The molecule has 112 valence electrons. The molecule has 2 aliphatic heterocycles. The van der Waals surface area contributed by atoms with E-state index in [1.807, 2.05) is 0 Å². The lowest BCUT2D eigenvalue weighted by Crippen LogP contribution is -2.30. The van der Waals surface area contributed by atoms with Crippen molar-refractivity contribution in [3.63, 3.8) is 0 Å². The van der Waals surface area contributed by atoms with E-state index in [9.17, 15) is 13.2 Å². The fraction of sp³-hybridized carbons (Fsp3) is 0.400. The van der Waals surface area contributed by atoms with Crippen molar-refractivity contribution in [2.24, 2.45) is 4.99 Å². The zero-order chi connectivity index (χ0) is 14.9. The summed E-state index contributed by atoms with van der Waals surface area (Å²) in [7, 11) is 0. The molecule has 21 heavy (non-hydrogen) atoms. The summed E-state index contributed by atoms with van der Waals surface area (Å²) >= 11 is 0. The van der Waals surface area contributed by atoms with Gasteiger partial charge in [-0.2, -0.15) is 13.2 Å². The fourth-order valence-corrected chi connectivity index (χ4v) is 2.59. The Morgan fingerprint density at radius 3 is 2.81 bits per heavy atom. The monoisotopic (exact) mass is 295 g/mol. The number of nitrogens with zero attached hydrogens (tertiary/aromatic N) is 1. The normalized spacial score (nSPS) is 22.5. The second-order valence-corrected chi connectivity index (χ2v) is 5.19. The Labute approximate surface area is 121 Å². The van der Waals surface area contributed by atoms with Crippen LogP contribution < -0.4 is 10.6 Å². The molecule has 1 atom stereocenters. The summed E-state index contributed by atoms with van der Waals surface area (Å²) in [4.78, 5) is 4.44. The Morgan fingerprint density at radius 2 is 2.10 bits per heavy atom. The minimum Gasteiger partial charge on any atom is -0.361 e. The molecule has 0 saturated carbocycles. The van der Waals surface area contributed by atoms with Gasteiger partial charge in [0.1, 0.15) is 5.84 Å². The maximum atomic E-state index is 12.8. The molecule has 0 saturated heterocycles. The van der Waals surface area contributed by atoms with Crippen molar-refractivity contribution in [2.45, 2.75) is 18.6 Å². The maximum Gasteiger partial charge on any atom is 0.416 e. The predicted molar refractivity (Wildman–Crippen MR) is 75.2 cm³/mol. The highest BCUT2D eigenvalue weighted by atomic mass is 19.4. The van der Waals surface area contributed by atoms with Crippen LogP contribution in [0.1, 0.15) is 23.6 Å². The SMILES string of the molecule is FC(F)(F)c1cccc(C2CN=C(C3=CCNCC3)N2)c1. The Morgan fingerprint density at radius 1 is 1.24 bits per heavy atom. The lowest BCUT2D eigenvalue weighted by atomic mass is 10.0. The first-order chi connectivity index (χ1) is 10.0. The molecule has 0 amide bonds. The van der Waals surface area contributed by atoms with Crippen LogP contribution >= 0.6 is 0 Å². The average molecular weight is 295 g/mol. The van der Waals surface area contributed by atoms with Gasteiger partial charge in [-0.25, -0.2) is 0 Å². The quantitative estimate of drug-likeness (QED) is 0.880. The summed E-state index contributed by atoms with van der Waals surface area (Å²) in [6.45, 7) is 2.19. The lowest BCUT2D eigenvalue weighted by Gasteiger charge is -2.17. The summed E-state index contributed by atoms with van der Waals surface area (Å²) < 4.78 is 38.3. The first kappa shape index (κ1) is 14.1. The molecule has 0 aliphatic carbocycles. The summed E-state index contributed by atoms with van der Waals surface area (Å²) in [5.41, 5.74) is 1.15. The standard InChI is InChI=1S/C15H16F3N3/c16-15(17,18)12-3-1-2-11(8-12)13-9-20-14(21-13)10-4-6-19-7-5-10/h1-4,8,13,19H,5-7,9H2,(H,20,21). The van der Waals surface area contributed by atoms with Crippen molar-refractivity contribution in [1.29, 1.82) is 0 Å². The highest BCUT2D eigenvalue weighted by Gasteiger charge is 2.31. The van der Waals surface area contributed by atoms with Crippen molar-refractivity contribution in [2.75, 3.05) is 19.6 Å². The molecule has 3 nitrogen and oxygen atoms in total. The number of amidine groups is 1. The fourth-order valence-electron chi connectivity index (χ4n) is 2.59. The minimum absolute atomic E-state index is 0.182. The van der Waals surface area contributed by atoms with Gasteiger partial charge in [-0.3, -0.25) is 4.99 Å². The molecule has 2 aliphatic rings. The highest BCUT2D eigenvalue weighted by molar-refractivity contribution is 5.99. The number of benzene rings is 1. The first-order valence-corrected chi connectivity index (χ1v) is 6.92. The molecule has 0 bridgehead atoms. The Bertz CT molecular complexity index is 590. The van der Waals surface area contributed by atoms with E-state index in [2.05, 4.69) is 21.7 Å². The Balaban J connectivity index is 1.74. The first-order valence-electron chi connectivity index (χ1n) is 6.92. The third-order valence-corrected chi connectivity index (χ3v) is 3.73. The summed E-state index contributed by atoms with van der Waals surface area (Å²) in [5, 5.41) is 6.46. The van der Waals surface area contributed by atoms with Gasteiger partial charge >= 0.3 is 6.18 Å². The molecule has 3 rings (SSSR count). The molecule has 1 unspecified atom stereocenters. The lowest BCUT2D eigenvalue weighted by molar-refractivity contribution is -0.137. The van der Waals surface area contributed by atoms with Gasteiger partial charge in [-0.1, -0.05) is 18.2 Å². The van der Waals surface area contributed by atoms with Crippen molar-refractivity contribution in [1.82, 2.24) is 10.6 Å². The molecule has 1 aromatic carbocycles. The van der Waals surface area contributed by atoms with Crippen LogP contribution in [-0.4, -0.2) is 25.5 Å². The number of alkyl halides is 3. The van der Waals surface area contributed by atoms with Crippen LogP contribution in [0.15, 0.2) is 40.9 Å². The molecule has 1 aromatic rings. The maximum absolute atomic E-state index is 12.8. The zero-order valence-corrected chi connectivity index (χ0v) is 11.4. The number of hydrogen-bond donors (Lipinski definition) is 2. The number of nitrogens with one attached hydrogen (secondary N) is 2. The van der Waals surface area contributed by atoms with E-state index in [1.165, 1.54) is 12.1 Å². The minimum atomic E-state index is -4.31. The van der Waals surface area contributed by atoms with E-state index in [1.54, 1.807) is 6.07 Å². The Hall–Kier alpha value is -1.82. The van der Waals surface area contributed by atoms with Crippen LogP contribution in [0.25, 0.3) is 0 Å². The van der Waals surface area contributed by atoms with E-state index in [-0.39, 0.29) is 6.04 Å². The van der Waals surface area contributed by atoms with Crippen molar-refractivity contribution in [3.8, 4) is 0 Å². The molecule has 2 heterocycles. The van der Waals surface area contributed by atoms with Crippen LogP contribution in [0.5, 0.6) is 0 Å². The zero-order valence-electron chi connectivity index (χ0n) is 11.4. The second-order valence-electron chi connectivity index (χ2n) is 5.19. The van der Waals surface area contributed by atoms with Crippen molar-refractivity contribution >= 4 is 5.84 Å². The van der Waals surface area contributed by atoms with Gasteiger partial charge in [-0.05, 0) is 36.2 Å². The summed E-state index contributed by atoms with van der Waals surface area (Å²) in [6, 6.07) is 5.27. The number of aliphatic imine (C=N–C) groups is 1. The van der Waals surface area contributed by atoms with Crippen LogP contribution in [0.2, 0.25) is 0 Å². The topological polar surface area (TPSA) is 36.4 Å². The number of rotatable bonds is 2. The van der Waals surface area contributed by atoms with Gasteiger partial charge < -0.3 is 10.6 Å². The Kier molecular flexibility index (Phi) is 3.71. The number of hydrogen-bond acceptors (Lipinski definition) is 3. The van der Waals surface area contributed by atoms with Gasteiger partial charge in [0.2, 0.25) is 0 Å². The largest absolute Gasteiger partial charge is 0.416 e. The predicted octanol–water partition coefficient (Wildman–Crippen LogP) is 2.67. The molecule has 0 spiro atoms. The molecular formula is C15H16F3N3. The summed E-state index contributed by atoms with van der Waals surface area (Å²) in [5.74, 6) is 0.818. The highest BCUT2D eigenvalue weighted by Crippen LogP contribution is 2.31. The smallest absolute Gasteiger partial charge is 0.361 e. The molecule has 0 aromatic heterocycles. The van der Waals surface area contributed by atoms with Gasteiger partial charge in [0.25, 0.3) is 0 Å². The van der Waals surface area contributed by atoms with Gasteiger partial charge in [0.05, 0.1) is 18.2 Å². The van der Waals surface area contributed by atoms with E-state index in [0.717, 1.165) is 37.0 Å². The van der Waals surface area contributed by atoms with Crippen molar-refractivity contribution < 1.29 is 13.2 Å². The second kappa shape index (κ2) is 5.52. The van der Waals surface area contributed by atoms with Crippen LogP contribution in [0, 0.1) is 0 Å². The van der Waals surface area contributed by atoms with Crippen LogP contribution in [0.4, 0.5) is 13.2 Å². The molecule has 6 heteroatoms. The third kappa shape index (κ3) is 3.10. The average Bonchev–Trinajstić information content (AvgIpc) is 2.97. The van der Waals surface area contributed by atoms with E-state index >= 15 is 0 Å². The number of halogens is 3. The molecular weight excluding hydrogens is 279 g/mol. The van der Waals surface area contributed by atoms with Crippen LogP contribution in [0.3, 0.4) is 0 Å². The van der Waals surface area contributed by atoms with E-state index in [0.29, 0.717) is 12.1 Å². The molecule has 0 radical (unpaired) electrons. The van der Waals surface area contributed by atoms with E-state index < -0.39 is 11.7 Å². The van der Waals surface area contributed by atoms with Crippen LogP contribution in [-0.2, 0) is 6.18 Å². The molecule has 2 N–H and O–H groups in total. The molecule has 0 fully saturated rings.